The van der Waals surface area contributed by atoms with E-state index in [0.717, 1.165) is 28.6 Å². The molecule has 5 nitrogen and oxygen atoms in total. The summed E-state index contributed by atoms with van der Waals surface area (Å²) in [5, 5.41) is 0.714. The number of para-hydroxylation sites is 1. The van der Waals surface area contributed by atoms with Crippen molar-refractivity contribution in [3.8, 4) is 0 Å². The summed E-state index contributed by atoms with van der Waals surface area (Å²) >= 11 is 11.4. The molecule has 25 heavy (non-hydrogen) atoms. The van der Waals surface area contributed by atoms with Crippen LogP contribution in [0, 0.1) is 5.82 Å². The number of hydrogen-bond acceptors (Lipinski definition) is 2. The number of rotatable bonds is 3. The summed E-state index contributed by atoms with van der Waals surface area (Å²) in [6.45, 7) is 0. The lowest BCUT2D eigenvalue weighted by atomic mass is 10.1. The molecule has 1 heterocycles. The Morgan fingerprint density at radius 3 is 2.64 bits per heavy atom. The molecule has 1 aromatic heterocycles. The number of carbonyl (C=O) groups excluding carboxylic acids is 2. The molecule has 0 aliphatic heterocycles. The van der Waals surface area contributed by atoms with Crippen molar-refractivity contribution in [1.29, 1.82) is 0 Å². The molecule has 0 atom stereocenters. The zero-order valence-corrected chi connectivity index (χ0v) is 14.2. The predicted molar refractivity (Wildman–Crippen MR) is 94.0 cm³/mol. The Morgan fingerprint density at radius 1 is 1.08 bits per heavy atom. The number of nitrogens with one attached hydrogen (secondary N) is 3. The first-order valence-electron chi connectivity index (χ1n) is 7.24. The van der Waals surface area contributed by atoms with E-state index in [1.807, 2.05) is 24.3 Å². The summed E-state index contributed by atoms with van der Waals surface area (Å²) in [7, 11) is 0. The molecule has 0 saturated carbocycles. The molecule has 2 aromatic carbocycles. The first-order chi connectivity index (χ1) is 12.0. The largest absolute Gasteiger partial charge is 0.361 e. The smallest absolute Gasteiger partial charge is 0.271 e. The van der Waals surface area contributed by atoms with Gasteiger partial charge >= 0.3 is 0 Å². The standard InChI is InChI=1S/C17H12Cl2FN3O2/c18-12-7-13(19)14(20)6-11(12)17(25)23-22-16(24)5-9-8-21-15-4-2-1-3-10(9)15/h1-4,6-8,21H,5H2,(H,22,24)(H,23,25). The van der Waals surface area contributed by atoms with Crippen LogP contribution in [0.25, 0.3) is 10.9 Å². The average molecular weight is 380 g/mol. The first kappa shape index (κ1) is 17.3. The molecule has 128 valence electrons. The summed E-state index contributed by atoms with van der Waals surface area (Å²) < 4.78 is 13.5. The van der Waals surface area contributed by atoms with Crippen LogP contribution in [0.1, 0.15) is 15.9 Å². The van der Waals surface area contributed by atoms with Crippen molar-refractivity contribution in [2.45, 2.75) is 6.42 Å². The third-order valence-electron chi connectivity index (χ3n) is 3.60. The number of amides is 2. The van der Waals surface area contributed by atoms with E-state index in [4.69, 9.17) is 23.2 Å². The second-order valence-electron chi connectivity index (χ2n) is 5.28. The van der Waals surface area contributed by atoms with Crippen molar-refractivity contribution >= 4 is 45.9 Å². The maximum Gasteiger partial charge on any atom is 0.271 e. The van der Waals surface area contributed by atoms with Crippen molar-refractivity contribution in [3.63, 3.8) is 0 Å². The number of hydrogen-bond donors (Lipinski definition) is 3. The lowest BCUT2D eigenvalue weighted by Gasteiger charge is -2.09. The molecule has 2 amide bonds. The van der Waals surface area contributed by atoms with Crippen LogP contribution >= 0.6 is 23.2 Å². The van der Waals surface area contributed by atoms with Gasteiger partial charge in [-0.2, -0.15) is 0 Å². The van der Waals surface area contributed by atoms with Gasteiger partial charge in [0, 0.05) is 17.1 Å². The number of H-pyrrole nitrogens is 1. The van der Waals surface area contributed by atoms with Crippen LogP contribution in [0.5, 0.6) is 0 Å². The highest BCUT2D eigenvalue weighted by Gasteiger charge is 2.15. The number of fused-ring (bicyclic) bond motifs is 1. The third-order valence-corrected chi connectivity index (χ3v) is 4.20. The van der Waals surface area contributed by atoms with Crippen molar-refractivity contribution < 1.29 is 14.0 Å². The zero-order chi connectivity index (χ0) is 18.0. The second-order valence-corrected chi connectivity index (χ2v) is 6.10. The van der Waals surface area contributed by atoms with Crippen LogP contribution in [-0.2, 0) is 11.2 Å². The van der Waals surface area contributed by atoms with E-state index in [2.05, 4.69) is 15.8 Å². The molecule has 8 heteroatoms. The van der Waals surface area contributed by atoms with Crippen LogP contribution in [0.2, 0.25) is 10.0 Å². The number of aromatic nitrogens is 1. The molecule has 3 N–H and O–H groups in total. The Balaban J connectivity index is 1.64. The maximum atomic E-state index is 13.5. The van der Waals surface area contributed by atoms with E-state index in [1.165, 1.54) is 0 Å². The van der Waals surface area contributed by atoms with E-state index >= 15 is 0 Å². The quantitative estimate of drug-likeness (QED) is 0.480. The fourth-order valence-electron chi connectivity index (χ4n) is 2.39. The van der Waals surface area contributed by atoms with Gasteiger partial charge < -0.3 is 4.98 Å². The number of aromatic amines is 1. The lowest BCUT2D eigenvalue weighted by molar-refractivity contribution is -0.121. The molecule has 0 fully saturated rings. The minimum absolute atomic E-state index is 0.0187. The summed E-state index contributed by atoms with van der Waals surface area (Å²) in [6, 6.07) is 9.58. The van der Waals surface area contributed by atoms with Crippen molar-refractivity contribution in [1.82, 2.24) is 15.8 Å². The van der Waals surface area contributed by atoms with Gasteiger partial charge in [-0.25, -0.2) is 4.39 Å². The molecular formula is C17H12Cl2FN3O2. The van der Waals surface area contributed by atoms with Gasteiger partial charge in [-0.3, -0.25) is 20.4 Å². The molecule has 0 spiro atoms. The number of halogens is 3. The molecule has 0 radical (unpaired) electrons. The molecular weight excluding hydrogens is 368 g/mol. The first-order valence-corrected chi connectivity index (χ1v) is 8.00. The Hall–Kier alpha value is -2.57. The van der Waals surface area contributed by atoms with E-state index in [0.29, 0.717) is 0 Å². The predicted octanol–water partition coefficient (Wildman–Crippen LogP) is 3.62. The van der Waals surface area contributed by atoms with Crippen LogP contribution < -0.4 is 10.9 Å². The lowest BCUT2D eigenvalue weighted by Crippen LogP contribution is -2.42. The highest BCUT2D eigenvalue weighted by atomic mass is 35.5. The molecule has 3 aromatic rings. The minimum atomic E-state index is -0.777. The third kappa shape index (κ3) is 3.75. The maximum absolute atomic E-state index is 13.5. The topological polar surface area (TPSA) is 74.0 Å². The van der Waals surface area contributed by atoms with Gasteiger partial charge in [0.15, 0.2) is 0 Å². The van der Waals surface area contributed by atoms with Gasteiger partial charge in [-0.05, 0) is 23.8 Å². The summed E-state index contributed by atoms with van der Waals surface area (Å²) in [4.78, 5) is 27.1. The van der Waals surface area contributed by atoms with Crippen LogP contribution in [0.3, 0.4) is 0 Å². The van der Waals surface area contributed by atoms with Gasteiger partial charge in [0.2, 0.25) is 5.91 Å². The molecule has 0 saturated heterocycles. The van der Waals surface area contributed by atoms with E-state index in [9.17, 15) is 14.0 Å². The molecule has 0 aliphatic rings. The fourth-order valence-corrected chi connectivity index (χ4v) is 2.85. The molecule has 0 bridgehead atoms. The van der Waals surface area contributed by atoms with E-state index in [-0.39, 0.29) is 22.0 Å². The highest BCUT2D eigenvalue weighted by Crippen LogP contribution is 2.24. The van der Waals surface area contributed by atoms with Crippen molar-refractivity contribution in [2.75, 3.05) is 0 Å². The van der Waals surface area contributed by atoms with Gasteiger partial charge in [-0.1, -0.05) is 41.4 Å². The van der Waals surface area contributed by atoms with Gasteiger partial charge in [0.1, 0.15) is 5.82 Å². The van der Waals surface area contributed by atoms with Gasteiger partial charge in [0.05, 0.1) is 22.0 Å². The Bertz CT molecular complexity index is 972. The summed E-state index contributed by atoms with van der Waals surface area (Å²) in [5.41, 5.74) is 6.06. The summed E-state index contributed by atoms with van der Waals surface area (Å²) in [6.07, 6.45) is 1.80. The number of carbonyl (C=O) groups is 2. The molecule has 3 rings (SSSR count). The van der Waals surface area contributed by atoms with Gasteiger partial charge in [-0.15, -0.1) is 0 Å². The molecule has 0 unspecified atom stereocenters. The van der Waals surface area contributed by atoms with E-state index < -0.39 is 17.6 Å². The SMILES string of the molecule is O=C(Cc1c[nH]c2ccccc12)NNC(=O)c1cc(F)c(Cl)cc1Cl. The van der Waals surface area contributed by atoms with E-state index in [1.54, 1.807) is 6.20 Å². The normalized spacial score (nSPS) is 10.7. The van der Waals surface area contributed by atoms with Crippen molar-refractivity contribution in [3.05, 3.63) is 69.6 Å². The fraction of sp³-hybridized carbons (Fsp3) is 0.0588. The average Bonchev–Trinajstić information content (AvgIpc) is 2.99. The second kappa shape index (κ2) is 7.13. The molecule has 0 aliphatic carbocycles. The van der Waals surface area contributed by atoms with Gasteiger partial charge in [0.25, 0.3) is 5.91 Å². The monoisotopic (exact) mass is 379 g/mol. The number of benzene rings is 2. The van der Waals surface area contributed by atoms with Crippen LogP contribution in [-0.4, -0.2) is 16.8 Å². The Morgan fingerprint density at radius 2 is 1.84 bits per heavy atom. The van der Waals surface area contributed by atoms with Crippen LogP contribution in [0.15, 0.2) is 42.6 Å². The van der Waals surface area contributed by atoms with Crippen molar-refractivity contribution in [2.24, 2.45) is 0 Å². The number of hydrazine groups is 1. The highest BCUT2D eigenvalue weighted by molar-refractivity contribution is 6.36. The zero-order valence-electron chi connectivity index (χ0n) is 12.7. The van der Waals surface area contributed by atoms with Crippen LogP contribution in [0.4, 0.5) is 4.39 Å². The Labute approximate surface area is 152 Å². The minimum Gasteiger partial charge on any atom is -0.361 e. The Kier molecular flexibility index (Phi) is 4.92. The summed E-state index contributed by atoms with van der Waals surface area (Å²) in [5.74, 6) is -1.95.